The predicted molar refractivity (Wildman–Crippen MR) is 113 cm³/mol. The molecule has 1 aliphatic heterocycles. The van der Waals surface area contributed by atoms with Crippen LogP contribution in [0.1, 0.15) is 17.0 Å². The van der Waals surface area contributed by atoms with Crippen LogP contribution in [0.4, 0.5) is 5.82 Å². The Hall–Kier alpha value is -2.93. The molecule has 0 saturated carbocycles. The second-order valence-electron chi connectivity index (χ2n) is 7.21. The normalized spacial score (nSPS) is 14.3. The summed E-state index contributed by atoms with van der Waals surface area (Å²) < 4.78 is 1.82. The lowest BCUT2D eigenvalue weighted by molar-refractivity contribution is -0.130. The van der Waals surface area contributed by atoms with Gasteiger partial charge in [-0.1, -0.05) is 29.8 Å². The minimum Gasteiger partial charge on any atom is -0.353 e. The van der Waals surface area contributed by atoms with E-state index in [0.29, 0.717) is 24.5 Å². The van der Waals surface area contributed by atoms with E-state index in [4.69, 9.17) is 11.6 Å². The second-order valence-corrected chi connectivity index (χ2v) is 7.62. The van der Waals surface area contributed by atoms with E-state index in [0.717, 1.165) is 41.7 Å². The van der Waals surface area contributed by atoms with Crippen LogP contribution in [0.15, 0.2) is 42.7 Å². The summed E-state index contributed by atoms with van der Waals surface area (Å²) in [5.74, 6) is 1.70. The molecule has 3 aromatic rings. The Bertz CT molecular complexity index is 1030. The molecule has 0 unspecified atom stereocenters. The van der Waals surface area contributed by atoms with Crippen LogP contribution in [0.25, 0.3) is 5.82 Å². The summed E-state index contributed by atoms with van der Waals surface area (Å²) in [5.41, 5.74) is 2.85. The van der Waals surface area contributed by atoms with Gasteiger partial charge in [-0.05, 0) is 31.5 Å². The van der Waals surface area contributed by atoms with E-state index in [2.05, 4.69) is 20.0 Å². The lowest BCUT2D eigenvalue weighted by atomic mass is 10.1. The van der Waals surface area contributed by atoms with E-state index in [-0.39, 0.29) is 5.91 Å². The molecule has 150 valence electrons. The molecular formula is C21H23ClN6O. The van der Waals surface area contributed by atoms with E-state index < -0.39 is 0 Å². The minimum absolute atomic E-state index is 0.101. The zero-order chi connectivity index (χ0) is 20.4. The van der Waals surface area contributed by atoms with E-state index in [1.54, 1.807) is 6.33 Å². The van der Waals surface area contributed by atoms with Crippen LogP contribution in [0, 0.1) is 13.8 Å². The maximum absolute atomic E-state index is 12.7. The van der Waals surface area contributed by atoms with E-state index >= 15 is 0 Å². The molecule has 1 saturated heterocycles. The predicted octanol–water partition coefficient (Wildman–Crippen LogP) is 2.82. The topological polar surface area (TPSA) is 67.2 Å². The number of halogens is 1. The van der Waals surface area contributed by atoms with Crippen molar-refractivity contribution in [3.8, 4) is 5.82 Å². The first kappa shape index (κ1) is 19.4. The van der Waals surface area contributed by atoms with Crippen LogP contribution in [-0.2, 0) is 11.2 Å². The number of nitrogens with zero attached hydrogens (tertiary/aromatic N) is 6. The molecule has 7 nitrogen and oxygen atoms in total. The van der Waals surface area contributed by atoms with Crippen molar-refractivity contribution in [1.29, 1.82) is 0 Å². The van der Waals surface area contributed by atoms with Crippen LogP contribution < -0.4 is 4.90 Å². The van der Waals surface area contributed by atoms with E-state index in [9.17, 15) is 4.79 Å². The first-order chi connectivity index (χ1) is 14.0. The van der Waals surface area contributed by atoms with Crippen molar-refractivity contribution in [2.75, 3.05) is 31.1 Å². The molecule has 0 spiro atoms. The quantitative estimate of drug-likeness (QED) is 0.661. The molecule has 0 atom stereocenters. The molecule has 29 heavy (non-hydrogen) atoms. The fourth-order valence-electron chi connectivity index (χ4n) is 3.59. The van der Waals surface area contributed by atoms with Crippen LogP contribution in [0.2, 0.25) is 5.02 Å². The maximum Gasteiger partial charge on any atom is 0.227 e. The lowest BCUT2D eigenvalue weighted by Gasteiger charge is -2.35. The number of anilines is 1. The monoisotopic (exact) mass is 410 g/mol. The first-order valence-corrected chi connectivity index (χ1v) is 10.0. The molecule has 3 heterocycles. The van der Waals surface area contributed by atoms with Gasteiger partial charge in [0.25, 0.3) is 0 Å². The van der Waals surface area contributed by atoms with E-state index in [1.807, 2.05) is 59.8 Å². The summed E-state index contributed by atoms with van der Waals surface area (Å²) >= 11 is 6.19. The summed E-state index contributed by atoms with van der Waals surface area (Å²) in [6.45, 7) is 6.73. The molecular weight excluding hydrogens is 388 g/mol. The Morgan fingerprint density at radius 3 is 2.45 bits per heavy atom. The van der Waals surface area contributed by atoms with Crippen LogP contribution in [0.3, 0.4) is 0 Å². The fraction of sp³-hybridized carbons (Fsp3) is 0.333. The van der Waals surface area contributed by atoms with E-state index in [1.165, 1.54) is 0 Å². The van der Waals surface area contributed by atoms with Gasteiger partial charge in [0, 0.05) is 43.0 Å². The molecule has 4 rings (SSSR count). The number of aryl methyl sites for hydroxylation is 2. The van der Waals surface area contributed by atoms with Gasteiger partial charge in [0.15, 0.2) is 5.82 Å². The number of carbonyl (C=O) groups is 1. The van der Waals surface area contributed by atoms with Gasteiger partial charge in [-0.3, -0.25) is 4.79 Å². The molecule has 8 heteroatoms. The van der Waals surface area contributed by atoms with Crippen molar-refractivity contribution < 1.29 is 4.79 Å². The smallest absolute Gasteiger partial charge is 0.227 e. The molecule has 0 radical (unpaired) electrons. The van der Waals surface area contributed by atoms with Gasteiger partial charge in [0.1, 0.15) is 12.1 Å². The fourth-order valence-corrected chi connectivity index (χ4v) is 3.79. The Kier molecular flexibility index (Phi) is 5.49. The summed E-state index contributed by atoms with van der Waals surface area (Å²) in [6.07, 6.45) is 1.89. The maximum atomic E-state index is 12.7. The van der Waals surface area contributed by atoms with Crippen molar-refractivity contribution in [2.45, 2.75) is 20.3 Å². The Labute approximate surface area is 174 Å². The largest absolute Gasteiger partial charge is 0.353 e. The van der Waals surface area contributed by atoms with Gasteiger partial charge < -0.3 is 9.80 Å². The number of aromatic nitrogens is 4. The number of amides is 1. The molecule has 2 aromatic heterocycles. The molecule has 1 aromatic carbocycles. The molecule has 1 amide bonds. The minimum atomic E-state index is 0.101. The Balaban J connectivity index is 1.41. The second kappa shape index (κ2) is 8.21. The average molecular weight is 411 g/mol. The zero-order valence-electron chi connectivity index (χ0n) is 16.5. The highest BCUT2D eigenvalue weighted by Crippen LogP contribution is 2.19. The third kappa shape index (κ3) is 4.24. The van der Waals surface area contributed by atoms with Crippen LogP contribution in [-0.4, -0.2) is 56.7 Å². The summed E-state index contributed by atoms with van der Waals surface area (Å²) in [7, 11) is 0. The van der Waals surface area contributed by atoms with Gasteiger partial charge in [0.2, 0.25) is 5.91 Å². The number of rotatable bonds is 4. The van der Waals surface area contributed by atoms with Crippen LogP contribution in [0.5, 0.6) is 0 Å². The molecule has 0 N–H and O–H groups in total. The van der Waals surface area contributed by atoms with Gasteiger partial charge in [-0.15, -0.1) is 0 Å². The SMILES string of the molecule is Cc1cc(C)n(-c2cc(N3CCN(C(=O)Cc4ccccc4Cl)CC3)ncn2)n1. The average Bonchev–Trinajstić information content (AvgIpc) is 3.08. The first-order valence-electron chi connectivity index (χ1n) is 9.63. The summed E-state index contributed by atoms with van der Waals surface area (Å²) in [5, 5.41) is 5.13. The van der Waals surface area contributed by atoms with Gasteiger partial charge >= 0.3 is 0 Å². The van der Waals surface area contributed by atoms with Gasteiger partial charge in [0.05, 0.1) is 12.1 Å². The highest BCUT2D eigenvalue weighted by Gasteiger charge is 2.23. The zero-order valence-corrected chi connectivity index (χ0v) is 17.3. The van der Waals surface area contributed by atoms with Gasteiger partial charge in [-0.2, -0.15) is 5.10 Å². The summed E-state index contributed by atoms with van der Waals surface area (Å²) in [4.78, 5) is 25.5. The highest BCUT2D eigenvalue weighted by molar-refractivity contribution is 6.31. The number of hydrogen-bond acceptors (Lipinski definition) is 5. The molecule has 0 aliphatic carbocycles. The third-order valence-electron chi connectivity index (χ3n) is 5.12. The van der Waals surface area contributed by atoms with Crippen LogP contribution >= 0.6 is 11.6 Å². The molecule has 1 fully saturated rings. The van der Waals surface area contributed by atoms with Crippen molar-refractivity contribution in [1.82, 2.24) is 24.6 Å². The van der Waals surface area contributed by atoms with Crippen molar-refractivity contribution in [3.63, 3.8) is 0 Å². The molecule has 0 bridgehead atoms. The Morgan fingerprint density at radius 1 is 1.03 bits per heavy atom. The summed E-state index contributed by atoms with van der Waals surface area (Å²) in [6, 6.07) is 11.5. The van der Waals surface area contributed by atoms with Gasteiger partial charge in [-0.25, -0.2) is 14.6 Å². The molecule has 1 aliphatic rings. The van der Waals surface area contributed by atoms with Crippen molar-refractivity contribution >= 4 is 23.3 Å². The number of benzene rings is 1. The lowest BCUT2D eigenvalue weighted by Crippen LogP contribution is -2.49. The highest BCUT2D eigenvalue weighted by atomic mass is 35.5. The number of carbonyl (C=O) groups excluding carboxylic acids is 1. The number of hydrogen-bond donors (Lipinski definition) is 0. The standard InChI is InChI=1S/C21H23ClN6O/c1-15-11-16(2)28(25-15)20-13-19(23-14-24-20)26-7-9-27(10-8-26)21(29)12-17-5-3-4-6-18(17)22/h3-6,11,13-14H,7-10,12H2,1-2H3. The Morgan fingerprint density at radius 2 is 1.76 bits per heavy atom. The van der Waals surface area contributed by atoms with Crippen molar-refractivity contribution in [3.05, 3.63) is 64.7 Å². The number of piperazine rings is 1. The van der Waals surface area contributed by atoms with Crippen molar-refractivity contribution in [2.24, 2.45) is 0 Å². The third-order valence-corrected chi connectivity index (χ3v) is 5.49.